The third-order valence-electron chi connectivity index (χ3n) is 6.50. The fourth-order valence-corrected chi connectivity index (χ4v) is 4.24. The number of aryl methyl sites for hydroxylation is 1. The summed E-state index contributed by atoms with van der Waals surface area (Å²) in [5, 5.41) is 6.34. The molecule has 4 rings (SSSR count). The summed E-state index contributed by atoms with van der Waals surface area (Å²) in [5.41, 5.74) is 1.68. The minimum atomic E-state index is -4.53. The van der Waals surface area contributed by atoms with E-state index in [1.807, 2.05) is 30.3 Å². The zero-order chi connectivity index (χ0) is 25.7. The van der Waals surface area contributed by atoms with Gasteiger partial charge in [-0.05, 0) is 73.0 Å². The number of hydrogen-bond donors (Lipinski definition) is 2. The first-order valence-electron chi connectivity index (χ1n) is 12.1. The highest BCUT2D eigenvalue weighted by Gasteiger charge is 2.32. The first kappa shape index (κ1) is 25.8. The van der Waals surface area contributed by atoms with Crippen molar-refractivity contribution in [3.8, 4) is 0 Å². The summed E-state index contributed by atoms with van der Waals surface area (Å²) in [5.74, 6) is -0.253. The van der Waals surface area contributed by atoms with E-state index in [9.17, 15) is 22.4 Å². The van der Waals surface area contributed by atoms with Crippen molar-refractivity contribution < 1.29 is 22.4 Å². The van der Waals surface area contributed by atoms with E-state index in [1.165, 1.54) is 18.3 Å². The van der Waals surface area contributed by atoms with Crippen LogP contribution in [-0.2, 0) is 11.0 Å². The maximum absolute atomic E-state index is 13.9. The molecule has 3 aromatic rings. The topological polar surface area (TPSA) is 54.0 Å². The molecular formula is C28H29F4N3O. The van der Waals surface area contributed by atoms with Gasteiger partial charge in [-0.2, -0.15) is 13.2 Å². The van der Waals surface area contributed by atoms with Gasteiger partial charge in [0.2, 0.25) is 5.91 Å². The zero-order valence-corrected chi connectivity index (χ0v) is 20.0. The number of alkyl halides is 3. The summed E-state index contributed by atoms with van der Waals surface area (Å²) in [6, 6.07) is 15.9. The molecule has 1 saturated carbocycles. The summed E-state index contributed by atoms with van der Waals surface area (Å²) < 4.78 is 53.0. The molecule has 2 aromatic carbocycles. The van der Waals surface area contributed by atoms with Gasteiger partial charge in [-0.15, -0.1) is 0 Å². The number of pyridine rings is 1. The summed E-state index contributed by atoms with van der Waals surface area (Å²) >= 11 is 0. The Bertz CT molecular complexity index is 1160. The zero-order valence-electron chi connectivity index (χ0n) is 20.0. The predicted octanol–water partition coefficient (Wildman–Crippen LogP) is 5.93. The molecule has 4 nitrogen and oxygen atoms in total. The van der Waals surface area contributed by atoms with Crippen LogP contribution < -0.4 is 10.6 Å². The lowest BCUT2D eigenvalue weighted by Gasteiger charge is -2.23. The van der Waals surface area contributed by atoms with E-state index in [2.05, 4.69) is 15.6 Å². The third kappa shape index (κ3) is 6.69. The first-order valence-corrected chi connectivity index (χ1v) is 12.1. The molecule has 0 aliphatic heterocycles. The van der Waals surface area contributed by atoms with Crippen LogP contribution in [-0.4, -0.2) is 24.0 Å². The molecule has 2 atom stereocenters. The number of nitrogens with one attached hydrogen (secondary N) is 2. The number of carbonyl (C=O) groups excluding carboxylic acids is 1. The van der Waals surface area contributed by atoms with Gasteiger partial charge in [0.25, 0.3) is 0 Å². The van der Waals surface area contributed by atoms with Gasteiger partial charge in [0.05, 0.1) is 0 Å². The van der Waals surface area contributed by atoms with Crippen LogP contribution in [0.15, 0.2) is 66.9 Å². The number of benzene rings is 2. The van der Waals surface area contributed by atoms with Crippen molar-refractivity contribution in [1.29, 1.82) is 0 Å². The largest absolute Gasteiger partial charge is 0.433 e. The summed E-state index contributed by atoms with van der Waals surface area (Å²) in [6.45, 7) is 2.70. The molecule has 0 unspecified atom stereocenters. The molecule has 8 heteroatoms. The summed E-state index contributed by atoms with van der Waals surface area (Å²) in [7, 11) is 0. The average Bonchev–Trinajstić information content (AvgIpc) is 3.69. The molecular weight excluding hydrogens is 470 g/mol. The standard InChI is InChI=1S/C28H29F4N3O/c1-18-15-21(9-11-24(18)29)23(22-10-12-25(34-17-22)28(30,31)32)13-14-33-26(20-5-3-2-4-6-20)27(36)35-16-19-7-8-19/h2-6,9-12,15,17,19,23,26,33H,7-8,13-14,16H2,1H3,(H,35,36)/t23-,26+/m1/s1. The van der Waals surface area contributed by atoms with Crippen LogP contribution in [0.1, 0.15) is 59.2 Å². The van der Waals surface area contributed by atoms with E-state index in [-0.39, 0.29) is 17.6 Å². The van der Waals surface area contributed by atoms with Crippen LogP contribution in [0.2, 0.25) is 0 Å². The van der Waals surface area contributed by atoms with Crippen molar-refractivity contribution in [2.24, 2.45) is 5.92 Å². The molecule has 1 aliphatic rings. The van der Waals surface area contributed by atoms with Crippen LogP contribution >= 0.6 is 0 Å². The number of halogens is 4. The van der Waals surface area contributed by atoms with Crippen LogP contribution in [0, 0.1) is 18.7 Å². The Labute approximate surface area is 208 Å². The molecule has 1 heterocycles. The fraction of sp³-hybridized carbons (Fsp3) is 0.357. The smallest absolute Gasteiger partial charge is 0.354 e. The van der Waals surface area contributed by atoms with E-state index in [1.54, 1.807) is 19.1 Å². The highest BCUT2D eigenvalue weighted by Crippen LogP contribution is 2.32. The summed E-state index contributed by atoms with van der Waals surface area (Å²) in [6.07, 6.45) is -0.577. The predicted molar refractivity (Wildman–Crippen MR) is 130 cm³/mol. The second kappa shape index (κ2) is 11.2. The normalized spacial score (nSPS) is 15.4. The van der Waals surface area contributed by atoms with Crippen molar-refractivity contribution in [1.82, 2.24) is 15.6 Å². The van der Waals surface area contributed by atoms with Crippen molar-refractivity contribution in [3.63, 3.8) is 0 Å². The highest BCUT2D eigenvalue weighted by molar-refractivity contribution is 5.83. The number of rotatable bonds is 10. The van der Waals surface area contributed by atoms with E-state index in [4.69, 9.17) is 0 Å². The fourth-order valence-electron chi connectivity index (χ4n) is 4.24. The van der Waals surface area contributed by atoms with Gasteiger partial charge in [0.15, 0.2) is 0 Å². The molecule has 36 heavy (non-hydrogen) atoms. The Morgan fingerprint density at radius 1 is 1.03 bits per heavy atom. The first-order chi connectivity index (χ1) is 17.2. The molecule has 1 aromatic heterocycles. The second-order valence-electron chi connectivity index (χ2n) is 9.31. The van der Waals surface area contributed by atoms with Crippen LogP contribution in [0.5, 0.6) is 0 Å². The third-order valence-corrected chi connectivity index (χ3v) is 6.50. The Morgan fingerprint density at radius 3 is 2.36 bits per heavy atom. The van der Waals surface area contributed by atoms with Gasteiger partial charge in [-0.25, -0.2) is 4.39 Å². The number of carbonyl (C=O) groups is 1. The number of hydrogen-bond acceptors (Lipinski definition) is 3. The SMILES string of the molecule is Cc1cc([C@@H](CCN[C@H](C(=O)NCC2CC2)c2ccccc2)c2ccc(C(F)(F)F)nc2)ccc1F. The second-order valence-corrected chi connectivity index (χ2v) is 9.31. The maximum Gasteiger partial charge on any atom is 0.433 e. The molecule has 0 spiro atoms. The number of amides is 1. The highest BCUT2D eigenvalue weighted by atomic mass is 19.4. The Morgan fingerprint density at radius 2 is 1.75 bits per heavy atom. The number of nitrogens with zero attached hydrogens (tertiary/aromatic N) is 1. The monoisotopic (exact) mass is 499 g/mol. The molecule has 1 fully saturated rings. The van der Waals surface area contributed by atoms with Crippen LogP contribution in [0.4, 0.5) is 17.6 Å². The summed E-state index contributed by atoms with van der Waals surface area (Å²) in [4.78, 5) is 16.6. The van der Waals surface area contributed by atoms with Gasteiger partial charge in [-0.1, -0.05) is 48.5 Å². The lowest BCUT2D eigenvalue weighted by molar-refractivity contribution is -0.141. The lowest BCUT2D eigenvalue weighted by Crippen LogP contribution is -2.39. The van der Waals surface area contributed by atoms with Gasteiger partial charge in [0.1, 0.15) is 17.6 Å². The Balaban J connectivity index is 1.53. The average molecular weight is 500 g/mol. The van der Waals surface area contributed by atoms with E-state index in [0.29, 0.717) is 36.6 Å². The minimum absolute atomic E-state index is 0.113. The van der Waals surface area contributed by atoms with Crippen molar-refractivity contribution >= 4 is 5.91 Å². The molecule has 1 amide bonds. The van der Waals surface area contributed by atoms with E-state index >= 15 is 0 Å². The van der Waals surface area contributed by atoms with Crippen molar-refractivity contribution in [2.75, 3.05) is 13.1 Å². The van der Waals surface area contributed by atoms with Crippen molar-refractivity contribution in [2.45, 2.75) is 44.3 Å². The van der Waals surface area contributed by atoms with Crippen LogP contribution in [0.3, 0.4) is 0 Å². The van der Waals surface area contributed by atoms with Gasteiger partial charge >= 0.3 is 6.18 Å². The Kier molecular flexibility index (Phi) is 8.04. The molecule has 0 saturated heterocycles. The molecule has 0 radical (unpaired) electrons. The maximum atomic E-state index is 13.9. The quantitative estimate of drug-likeness (QED) is 0.340. The van der Waals surface area contributed by atoms with E-state index in [0.717, 1.165) is 30.0 Å². The van der Waals surface area contributed by atoms with Crippen LogP contribution in [0.25, 0.3) is 0 Å². The molecule has 2 N–H and O–H groups in total. The van der Waals surface area contributed by atoms with Gasteiger partial charge in [-0.3, -0.25) is 9.78 Å². The molecule has 0 bridgehead atoms. The van der Waals surface area contributed by atoms with Gasteiger partial charge < -0.3 is 10.6 Å². The van der Waals surface area contributed by atoms with Crippen molar-refractivity contribution in [3.05, 3.63) is 101 Å². The van der Waals surface area contributed by atoms with E-state index < -0.39 is 17.9 Å². The minimum Gasteiger partial charge on any atom is -0.354 e. The molecule has 190 valence electrons. The van der Waals surface area contributed by atoms with Gasteiger partial charge in [0, 0.05) is 18.7 Å². The number of aromatic nitrogens is 1. The molecule has 1 aliphatic carbocycles. The Hall–Kier alpha value is -3.26. The lowest BCUT2D eigenvalue weighted by atomic mass is 9.88.